The second-order valence-corrected chi connectivity index (χ2v) is 9.00. The Balaban J connectivity index is 1.56. The zero-order chi connectivity index (χ0) is 22.7. The van der Waals surface area contributed by atoms with Gasteiger partial charge in [0.2, 0.25) is 0 Å². The molecule has 1 atom stereocenters. The van der Waals surface area contributed by atoms with Gasteiger partial charge in [0.25, 0.3) is 5.91 Å². The minimum Gasteiger partial charge on any atom is -0.378 e. The topological polar surface area (TPSA) is 35.6 Å². The highest BCUT2D eigenvalue weighted by atomic mass is 16.1. The van der Waals surface area contributed by atoms with Gasteiger partial charge in [-0.1, -0.05) is 42.5 Å². The van der Waals surface area contributed by atoms with Crippen molar-refractivity contribution >= 4 is 11.6 Å². The number of carbonyl (C=O) groups excluding carboxylic acids is 1. The number of rotatable bonds is 6. The first kappa shape index (κ1) is 22.1. The van der Waals surface area contributed by atoms with E-state index < -0.39 is 0 Å². The molecule has 4 heteroatoms. The number of fused-ring (bicyclic) bond motifs is 1. The van der Waals surface area contributed by atoms with Crippen LogP contribution in [-0.4, -0.2) is 38.0 Å². The summed E-state index contributed by atoms with van der Waals surface area (Å²) in [4.78, 5) is 17.5. The van der Waals surface area contributed by atoms with Gasteiger partial charge in [-0.3, -0.25) is 9.69 Å². The van der Waals surface area contributed by atoms with E-state index in [2.05, 4.69) is 84.7 Å². The Hall–Kier alpha value is -3.11. The summed E-state index contributed by atoms with van der Waals surface area (Å²) in [5, 5.41) is 3.21. The fourth-order valence-electron chi connectivity index (χ4n) is 4.41. The van der Waals surface area contributed by atoms with E-state index in [0.29, 0.717) is 6.54 Å². The lowest BCUT2D eigenvalue weighted by atomic mass is 9.96. The number of carbonyl (C=O) groups is 1. The number of hydrogen-bond donors (Lipinski definition) is 1. The molecule has 0 aromatic heterocycles. The number of aryl methyl sites for hydroxylation is 2. The van der Waals surface area contributed by atoms with Gasteiger partial charge in [0, 0.05) is 45.0 Å². The smallest absolute Gasteiger partial charge is 0.251 e. The minimum atomic E-state index is -0.0135. The molecule has 4 nitrogen and oxygen atoms in total. The zero-order valence-electron chi connectivity index (χ0n) is 19.6. The van der Waals surface area contributed by atoms with Gasteiger partial charge in [0.1, 0.15) is 0 Å². The molecule has 1 amide bonds. The van der Waals surface area contributed by atoms with Crippen LogP contribution < -0.4 is 10.2 Å². The standard InChI is InChI=1S/C28H33N3O/c1-20-9-10-24(17-21(20)2)28(32)29-18-27(23-11-13-26(14-12-23)30(3)4)31-16-15-22-7-5-6-8-25(22)19-31/h5-14,17,27H,15-16,18-19H2,1-4H3,(H,29,32). The maximum Gasteiger partial charge on any atom is 0.251 e. The van der Waals surface area contributed by atoms with Crippen molar-refractivity contribution in [1.29, 1.82) is 0 Å². The lowest BCUT2D eigenvalue weighted by molar-refractivity contribution is 0.0927. The van der Waals surface area contributed by atoms with Gasteiger partial charge in [-0.25, -0.2) is 0 Å². The summed E-state index contributed by atoms with van der Waals surface area (Å²) in [7, 11) is 4.11. The third kappa shape index (κ3) is 4.86. The monoisotopic (exact) mass is 427 g/mol. The largest absolute Gasteiger partial charge is 0.378 e. The van der Waals surface area contributed by atoms with E-state index in [9.17, 15) is 4.79 Å². The molecule has 0 saturated heterocycles. The number of nitrogens with zero attached hydrogens (tertiary/aromatic N) is 2. The summed E-state index contributed by atoms with van der Waals surface area (Å²) in [5.41, 5.74) is 8.29. The van der Waals surface area contributed by atoms with Crippen LogP contribution in [0.15, 0.2) is 66.7 Å². The zero-order valence-corrected chi connectivity index (χ0v) is 19.6. The molecule has 1 aliphatic rings. The first-order valence-electron chi connectivity index (χ1n) is 11.4. The van der Waals surface area contributed by atoms with Gasteiger partial charge in [-0.05, 0) is 72.4 Å². The van der Waals surface area contributed by atoms with Gasteiger partial charge in [-0.2, -0.15) is 0 Å². The molecule has 0 fully saturated rings. The van der Waals surface area contributed by atoms with Crippen LogP contribution in [0.4, 0.5) is 5.69 Å². The first-order chi connectivity index (χ1) is 15.4. The third-order valence-corrected chi connectivity index (χ3v) is 6.62. The molecule has 4 rings (SSSR count). The third-order valence-electron chi connectivity index (χ3n) is 6.62. The number of anilines is 1. The molecule has 1 heterocycles. The Morgan fingerprint density at radius 2 is 1.69 bits per heavy atom. The lowest BCUT2D eigenvalue weighted by Gasteiger charge is -2.36. The van der Waals surface area contributed by atoms with E-state index in [0.717, 1.165) is 30.6 Å². The molecule has 0 radical (unpaired) electrons. The summed E-state index contributed by atoms with van der Waals surface area (Å²) in [6.07, 6.45) is 1.04. The highest BCUT2D eigenvalue weighted by molar-refractivity contribution is 5.94. The maximum absolute atomic E-state index is 12.9. The van der Waals surface area contributed by atoms with Crippen LogP contribution in [0, 0.1) is 13.8 Å². The quantitative estimate of drug-likeness (QED) is 0.608. The van der Waals surface area contributed by atoms with E-state index in [1.165, 1.54) is 27.9 Å². The molecule has 3 aromatic rings. The van der Waals surface area contributed by atoms with Gasteiger partial charge < -0.3 is 10.2 Å². The van der Waals surface area contributed by atoms with Crippen molar-refractivity contribution in [1.82, 2.24) is 10.2 Å². The van der Waals surface area contributed by atoms with Crippen LogP contribution in [0.25, 0.3) is 0 Å². The normalized spacial score (nSPS) is 14.5. The van der Waals surface area contributed by atoms with Crippen LogP contribution in [0.5, 0.6) is 0 Å². The lowest BCUT2D eigenvalue weighted by Crippen LogP contribution is -2.40. The Bertz CT molecular complexity index is 1090. The predicted molar refractivity (Wildman–Crippen MR) is 132 cm³/mol. The molecular formula is C28H33N3O. The number of amides is 1. The molecule has 32 heavy (non-hydrogen) atoms. The molecule has 3 aromatic carbocycles. The Kier molecular flexibility index (Phi) is 6.61. The SMILES string of the molecule is Cc1ccc(C(=O)NCC(c2ccc(N(C)C)cc2)N2CCc3ccccc3C2)cc1C. The van der Waals surface area contributed by atoms with Crippen molar-refractivity contribution in [2.75, 3.05) is 32.1 Å². The van der Waals surface area contributed by atoms with Gasteiger partial charge in [-0.15, -0.1) is 0 Å². The number of benzene rings is 3. The summed E-state index contributed by atoms with van der Waals surface area (Å²) >= 11 is 0. The molecule has 0 bridgehead atoms. The molecule has 1 N–H and O–H groups in total. The Morgan fingerprint density at radius 1 is 0.969 bits per heavy atom. The van der Waals surface area contributed by atoms with Gasteiger partial charge >= 0.3 is 0 Å². The van der Waals surface area contributed by atoms with Crippen molar-refractivity contribution in [3.8, 4) is 0 Å². The van der Waals surface area contributed by atoms with E-state index >= 15 is 0 Å². The van der Waals surface area contributed by atoms with Crippen molar-refractivity contribution in [3.05, 3.63) is 100 Å². The molecule has 1 unspecified atom stereocenters. The average Bonchev–Trinajstić information content (AvgIpc) is 2.81. The highest BCUT2D eigenvalue weighted by Crippen LogP contribution is 2.29. The Morgan fingerprint density at radius 3 is 2.38 bits per heavy atom. The highest BCUT2D eigenvalue weighted by Gasteiger charge is 2.25. The van der Waals surface area contributed by atoms with Crippen molar-refractivity contribution in [2.24, 2.45) is 0 Å². The van der Waals surface area contributed by atoms with Crippen molar-refractivity contribution < 1.29 is 4.79 Å². The van der Waals surface area contributed by atoms with Crippen LogP contribution in [-0.2, 0) is 13.0 Å². The van der Waals surface area contributed by atoms with Gasteiger partial charge in [0.05, 0.1) is 6.04 Å². The van der Waals surface area contributed by atoms with E-state index in [1.807, 2.05) is 25.1 Å². The minimum absolute atomic E-state index is 0.0135. The molecule has 166 valence electrons. The molecule has 1 aliphatic heterocycles. The maximum atomic E-state index is 12.9. The van der Waals surface area contributed by atoms with E-state index in [1.54, 1.807) is 0 Å². The number of nitrogens with one attached hydrogen (secondary N) is 1. The van der Waals surface area contributed by atoms with Crippen molar-refractivity contribution in [2.45, 2.75) is 32.9 Å². The molecular weight excluding hydrogens is 394 g/mol. The number of hydrogen-bond acceptors (Lipinski definition) is 3. The van der Waals surface area contributed by atoms with Crippen LogP contribution in [0.1, 0.15) is 44.2 Å². The van der Waals surface area contributed by atoms with Crippen LogP contribution in [0.2, 0.25) is 0 Å². The fraction of sp³-hybridized carbons (Fsp3) is 0.321. The fourth-order valence-corrected chi connectivity index (χ4v) is 4.41. The van der Waals surface area contributed by atoms with E-state index in [4.69, 9.17) is 0 Å². The van der Waals surface area contributed by atoms with Crippen LogP contribution in [0.3, 0.4) is 0 Å². The average molecular weight is 428 g/mol. The van der Waals surface area contributed by atoms with Crippen molar-refractivity contribution in [3.63, 3.8) is 0 Å². The second-order valence-electron chi connectivity index (χ2n) is 9.00. The summed E-state index contributed by atoms with van der Waals surface area (Å²) in [6.45, 7) is 6.58. The first-order valence-corrected chi connectivity index (χ1v) is 11.4. The molecule has 0 spiro atoms. The second kappa shape index (κ2) is 9.58. The van der Waals surface area contributed by atoms with Gasteiger partial charge in [0.15, 0.2) is 0 Å². The Labute approximate surface area is 191 Å². The predicted octanol–water partition coefficient (Wildman–Crippen LogP) is 4.90. The molecule has 0 aliphatic carbocycles. The van der Waals surface area contributed by atoms with E-state index in [-0.39, 0.29) is 11.9 Å². The van der Waals surface area contributed by atoms with Crippen LogP contribution >= 0.6 is 0 Å². The summed E-state index contributed by atoms with van der Waals surface area (Å²) < 4.78 is 0. The molecule has 0 saturated carbocycles. The summed E-state index contributed by atoms with van der Waals surface area (Å²) in [5.74, 6) is -0.0135. The summed E-state index contributed by atoms with van der Waals surface area (Å²) in [6, 6.07) is 23.4.